The minimum absolute atomic E-state index is 0.0650. The Balaban J connectivity index is 1.82. The van der Waals surface area contributed by atoms with Gasteiger partial charge in [0.05, 0.1) is 16.0 Å². The fourth-order valence-electron chi connectivity index (χ4n) is 3.03. The Morgan fingerprint density at radius 2 is 2.24 bits per heavy atom. The maximum Gasteiger partial charge on any atom is 0.271 e. The van der Waals surface area contributed by atoms with Gasteiger partial charge < -0.3 is 16.0 Å². The second kappa shape index (κ2) is 5.69. The first-order chi connectivity index (χ1) is 10.2. The van der Waals surface area contributed by atoms with Crippen LogP contribution in [0.15, 0.2) is 18.2 Å². The van der Waals surface area contributed by atoms with E-state index in [4.69, 9.17) is 5.73 Å². The van der Waals surface area contributed by atoms with Crippen LogP contribution in [-0.2, 0) is 0 Å². The first kappa shape index (κ1) is 13.8. The van der Waals surface area contributed by atoms with Gasteiger partial charge in [0.15, 0.2) is 0 Å². The summed E-state index contributed by atoms with van der Waals surface area (Å²) in [4.78, 5) is 17.9. The molecule has 0 spiro atoms. The van der Waals surface area contributed by atoms with Crippen LogP contribution in [0.25, 0.3) is 11.0 Å². The molecule has 1 aromatic heterocycles. The first-order valence-corrected chi connectivity index (χ1v) is 7.28. The number of nitrogens with zero attached hydrogens (tertiary/aromatic N) is 2. The second-order valence-electron chi connectivity index (χ2n) is 5.58. The predicted molar refractivity (Wildman–Crippen MR) is 81.2 cm³/mol. The number of hydrogen-bond acceptors (Lipinski definition) is 5. The van der Waals surface area contributed by atoms with Crippen molar-refractivity contribution in [2.75, 3.05) is 11.9 Å². The van der Waals surface area contributed by atoms with Gasteiger partial charge >= 0.3 is 0 Å². The maximum absolute atomic E-state index is 10.8. The number of non-ortho nitro benzene ring substituents is 1. The van der Waals surface area contributed by atoms with Gasteiger partial charge in [-0.2, -0.15) is 0 Å². The van der Waals surface area contributed by atoms with Gasteiger partial charge in [0.2, 0.25) is 5.95 Å². The van der Waals surface area contributed by atoms with Gasteiger partial charge in [0.1, 0.15) is 0 Å². The van der Waals surface area contributed by atoms with Crippen LogP contribution in [0.3, 0.4) is 0 Å². The molecule has 2 unspecified atom stereocenters. The quantitative estimate of drug-likeness (QED) is 0.591. The number of aromatic nitrogens is 2. The zero-order valence-corrected chi connectivity index (χ0v) is 11.7. The van der Waals surface area contributed by atoms with Crippen LogP contribution in [0.5, 0.6) is 0 Å². The normalized spacial score (nSPS) is 22.3. The van der Waals surface area contributed by atoms with Crippen molar-refractivity contribution < 1.29 is 4.92 Å². The van der Waals surface area contributed by atoms with Crippen molar-refractivity contribution in [2.24, 2.45) is 11.7 Å². The molecule has 1 saturated carbocycles. The molecule has 21 heavy (non-hydrogen) atoms. The molecule has 3 rings (SSSR count). The number of aromatic amines is 1. The SMILES string of the molecule is NCC1CCCCC1Nc1nc2ccc([N+](=O)[O-])cc2[nH]1. The van der Waals surface area contributed by atoms with E-state index in [1.54, 1.807) is 6.07 Å². The zero-order valence-electron chi connectivity index (χ0n) is 11.7. The minimum atomic E-state index is -0.404. The summed E-state index contributed by atoms with van der Waals surface area (Å²) in [5, 5.41) is 14.2. The van der Waals surface area contributed by atoms with Gasteiger partial charge in [-0.25, -0.2) is 4.98 Å². The van der Waals surface area contributed by atoms with Crippen LogP contribution in [0.2, 0.25) is 0 Å². The molecule has 0 bridgehead atoms. The average molecular weight is 289 g/mol. The van der Waals surface area contributed by atoms with Gasteiger partial charge in [-0.3, -0.25) is 10.1 Å². The number of anilines is 1. The third kappa shape index (κ3) is 2.82. The molecule has 1 heterocycles. The Kier molecular flexibility index (Phi) is 3.74. The number of rotatable bonds is 4. The Hall–Kier alpha value is -2.15. The van der Waals surface area contributed by atoms with Crippen LogP contribution in [-0.4, -0.2) is 27.5 Å². The molecule has 1 aromatic carbocycles. The lowest BCUT2D eigenvalue weighted by Crippen LogP contribution is -2.37. The number of nitro benzene ring substituents is 1. The van der Waals surface area contributed by atoms with Gasteiger partial charge in [-0.1, -0.05) is 12.8 Å². The Bertz CT molecular complexity index is 654. The molecular weight excluding hydrogens is 270 g/mol. The van der Waals surface area contributed by atoms with E-state index in [1.807, 2.05) is 0 Å². The number of benzene rings is 1. The molecular formula is C14H19N5O2. The van der Waals surface area contributed by atoms with Crippen LogP contribution < -0.4 is 11.1 Å². The lowest BCUT2D eigenvalue weighted by Gasteiger charge is -2.31. The first-order valence-electron chi connectivity index (χ1n) is 7.28. The molecule has 1 fully saturated rings. The van der Waals surface area contributed by atoms with Gasteiger partial charge in [0, 0.05) is 18.2 Å². The Morgan fingerprint density at radius 1 is 1.43 bits per heavy atom. The van der Waals surface area contributed by atoms with Crippen molar-refractivity contribution >= 4 is 22.7 Å². The van der Waals surface area contributed by atoms with E-state index in [1.165, 1.54) is 25.0 Å². The van der Waals surface area contributed by atoms with Crippen molar-refractivity contribution in [3.05, 3.63) is 28.3 Å². The zero-order chi connectivity index (χ0) is 14.8. The predicted octanol–water partition coefficient (Wildman–Crippen LogP) is 2.40. The minimum Gasteiger partial charge on any atom is -0.353 e. The second-order valence-corrected chi connectivity index (χ2v) is 5.58. The monoisotopic (exact) mass is 289 g/mol. The number of nitrogens with one attached hydrogen (secondary N) is 2. The topological polar surface area (TPSA) is 110 Å². The molecule has 2 atom stereocenters. The van der Waals surface area contributed by atoms with E-state index in [0.29, 0.717) is 30.0 Å². The van der Waals surface area contributed by atoms with Crippen molar-refractivity contribution in [1.82, 2.24) is 9.97 Å². The maximum atomic E-state index is 10.8. The summed E-state index contributed by atoms with van der Waals surface area (Å²) in [5.41, 5.74) is 7.29. The molecule has 2 aromatic rings. The summed E-state index contributed by atoms with van der Waals surface area (Å²) in [7, 11) is 0. The summed E-state index contributed by atoms with van der Waals surface area (Å²) >= 11 is 0. The third-order valence-electron chi connectivity index (χ3n) is 4.21. The summed E-state index contributed by atoms with van der Waals surface area (Å²) in [5.74, 6) is 1.12. The molecule has 1 aliphatic carbocycles. The fraction of sp³-hybridized carbons (Fsp3) is 0.500. The van der Waals surface area contributed by atoms with E-state index < -0.39 is 4.92 Å². The van der Waals surface area contributed by atoms with E-state index in [-0.39, 0.29) is 5.69 Å². The van der Waals surface area contributed by atoms with Gasteiger partial charge in [-0.05, 0) is 31.4 Å². The number of fused-ring (bicyclic) bond motifs is 1. The van der Waals surface area contributed by atoms with E-state index in [2.05, 4.69) is 15.3 Å². The number of nitrogens with two attached hydrogens (primary N) is 1. The highest BCUT2D eigenvalue weighted by Gasteiger charge is 2.24. The lowest BCUT2D eigenvalue weighted by molar-refractivity contribution is -0.384. The lowest BCUT2D eigenvalue weighted by atomic mass is 9.84. The average Bonchev–Trinajstić information content (AvgIpc) is 2.89. The molecule has 4 N–H and O–H groups in total. The summed E-state index contributed by atoms with van der Waals surface area (Å²) < 4.78 is 0. The van der Waals surface area contributed by atoms with Crippen molar-refractivity contribution in [2.45, 2.75) is 31.7 Å². The summed E-state index contributed by atoms with van der Waals surface area (Å²) in [6.45, 7) is 0.670. The molecule has 0 saturated heterocycles. The molecule has 0 radical (unpaired) electrons. The Labute approximate surface area is 122 Å². The highest BCUT2D eigenvalue weighted by Crippen LogP contribution is 2.27. The number of hydrogen-bond donors (Lipinski definition) is 3. The van der Waals surface area contributed by atoms with E-state index in [9.17, 15) is 10.1 Å². The van der Waals surface area contributed by atoms with Crippen LogP contribution in [0.4, 0.5) is 11.6 Å². The Morgan fingerprint density at radius 3 is 3.00 bits per heavy atom. The standard InChI is InChI=1S/C14H19N5O2/c15-8-9-3-1-2-4-11(9)16-14-17-12-6-5-10(19(20)21)7-13(12)18-14/h5-7,9,11H,1-4,8,15H2,(H2,16,17,18). The van der Waals surface area contributed by atoms with Crippen LogP contribution in [0, 0.1) is 16.0 Å². The number of imidazole rings is 1. The van der Waals surface area contributed by atoms with Crippen molar-refractivity contribution in [1.29, 1.82) is 0 Å². The number of nitro groups is 1. The van der Waals surface area contributed by atoms with Gasteiger partial charge in [-0.15, -0.1) is 0 Å². The highest BCUT2D eigenvalue weighted by molar-refractivity contribution is 5.79. The molecule has 1 aliphatic rings. The highest BCUT2D eigenvalue weighted by atomic mass is 16.6. The molecule has 7 nitrogen and oxygen atoms in total. The van der Waals surface area contributed by atoms with Crippen molar-refractivity contribution in [3.63, 3.8) is 0 Å². The molecule has 0 aliphatic heterocycles. The number of H-pyrrole nitrogens is 1. The molecule has 0 amide bonds. The largest absolute Gasteiger partial charge is 0.353 e. The fourth-order valence-corrected chi connectivity index (χ4v) is 3.03. The third-order valence-corrected chi connectivity index (χ3v) is 4.21. The van der Waals surface area contributed by atoms with Gasteiger partial charge in [0.25, 0.3) is 5.69 Å². The summed E-state index contributed by atoms with van der Waals surface area (Å²) in [6, 6.07) is 4.96. The smallest absolute Gasteiger partial charge is 0.271 e. The van der Waals surface area contributed by atoms with Crippen LogP contribution >= 0.6 is 0 Å². The molecule has 7 heteroatoms. The molecule has 112 valence electrons. The summed E-state index contributed by atoms with van der Waals surface area (Å²) in [6.07, 6.45) is 4.64. The van der Waals surface area contributed by atoms with E-state index >= 15 is 0 Å². The van der Waals surface area contributed by atoms with Crippen molar-refractivity contribution in [3.8, 4) is 0 Å². The van der Waals surface area contributed by atoms with E-state index in [0.717, 1.165) is 18.4 Å². The van der Waals surface area contributed by atoms with Crippen LogP contribution in [0.1, 0.15) is 25.7 Å².